The van der Waals surface area contributed by atoms with E-state index in [1.54, 1.807) is 37.3 Å². The molecule has 3 heteroatoms. The largest absolute Gasteiger partial charge is 0.381 e. The molecule has 0 atom stereocenters. The summed E-state index contributed by atoms with van der Waals surface area (Å²) in [7, 11) is 0. The Bertz CT molecular complexity index is 523. The van der Waals surface area contributed by atoms with E-state index in [1.807, 2.05) is 0 Å². The van der Waals surface area contributed by atoms with E-state index in [1.165, 1.54) is 12.1 Å². The van der Waals surface area contributed by atoms with E-state index in [0.717, 1.165) is 5.69 Å². The van der Waals surface area contributed by atoms with E-state index >= 15 is 0 Å². The van der Waals surface area contributed by atoms with Crippen molar-refractivity contribution in [2.75, 3.05) is 5.32 Å². The van der Waals surface area contributed by atoms with Crippen LogP contribution >= 0.6 is 0 Å². The summed E-state index contributed by atoms with van der Waals surface area (Å²) in [5.41, 5.74) is 1.95. The second-order valence-electron chi connectivity index (χ2n) is 3.91. The molecule has 0 aliphatic rings. The van der Waals surface area contributed by atoms with Gasteiger partial charge in [-0.05, 0) is 36.8 Å². The monoisotopic (exact) mass is 233 g/mol. The Labute approximate surface area is 99.1 Å². The van der Waals surface area contributed by atoms with Gasteiger partial charge in [-0.15, -0.1) is 0 Å². The lowest BCUT2D eigenvalue weighted by atomic mass is 10.2. The summed E-state index contributed by atoms with van der Waals surface area (Å²) < 4.78 is 26.4. The van der Waals surface area contributed by atoms with Gasteiger partial charge < -0.3 is 5.32 Å². The molecule has 0 amide bonds. The Morgan fingerprint density at radius 2 is 1.76 bits per heavy atom. The van der Waals surface area contributed by atoms with Gasteiger partial charge in [0.15, 0.2) is 0 Å². The fraction of sp³-hybridized carbons (Fsp3) is 0.143. The van der Waals surface area contributed by atoms with E-state index in [9.17, 15) is 8.78 Å². The minimum absolute atomic E-state index is 0.235. The summed E-state index contributed by atoms with van der Waals surface area (Å²) >= 11 is 0. The van der Waals surface area contributed by atoms with Crippen molar-refractivity contribution in [3.05, 3.63) is 65.2 Å². The number of aryl methyl sites for hydroxylation is 1. The lowest BCUT2D eigenvalue weighted by Gasteiger charge is -2.08. The van der Waals surface area contributed by atoms with E-state index < -0.39 is 0 Å². The number of rotatable bonds is 3. The second kappa shape index (κ2) is 4.95. The van der Waals surface area contributed by atoms with Gasteiger partial charge in [0.05, 0.1) is 0 Å². The van der Waals surface area contributed by atoms with Crippen molar-refractivity contribution in [3.63, 3.8) is 0 Å². The van der Waals surface area contributed by atoms with Crippen molar-refractivity contribution in [2.45, 2.75) is 13.5 Å². The van der Waals surface area contributed by atoms with Crippen molar-refractivity contribution < 1.29 is 8.78 Å². The highest BCUT2D eigenvalue weighted by atomic mass is 19.1. The molecule has 2 rings (SSSR count). The van der Waals surface area contributed by atoms with Crippen molar-refractivity contribution in [2.24, 2.45) is 0 Å². The topological polar surface area (TPSA) is 12.0 Å². The molecule has 0 saturated heterocycles. The average Bonchev–Trinajstić information content (AvgIpc) is 2.32. The lowest BCUT2D eigenvalue weighted by Crippen LogP contribution is -2.02. The molecule has 2 aromatic rings. The molecular formula is C14H13F2N. The molecule has 2 aromatic carbocycles. The van der Waals surface area contributed by atoms with Crippen LogP contribution in [-0.4, -0.2) is 0 Å². The van der Waals surface area contributed by atoms with Crippen LogP contribution in [-0.2, 0) is 6.54 Å². The molecule has 0 aromatic heterocycles. The first-order chi connectivity index (χ1) is 8.16. The highest BCUT2D eigenvalue weighted by Crippen LogP contribution is 2.15. The average molecular weight is 233 g/mol. The van der Waals surface area contributed by atoms with Crippen LogP contribution in [0.1, 0.15) is 11.1 Å². The predicted molar refractivity (Wildman–Crippen MR) is 64.9 cm³/mol. The van der Waals surface area contributed by atoms with E-state index in [4.69, 9.17) is 0 Å². The minimum Gasteiger partial charge on any atom is -0.381 e. The number of hydrogen-bond donors (Lipinski definition) is 1. The summed E-state index contributed by atoms with van der Waals surface area (Å²) in [5.74, 6) is -0.472. The molecule has 1 N–H and O–H groups in total. The molecule has 0 fully saturated rings. The van der Waals surface area contributed by atoms with E-state index in [-0.39, 0.29) is 11.6 Å². The number of hydrogen-bond acceptors (Lipinski definition) is 1. The normalized spacial score (nSPS) is 10.3. The van der Waals surface area contributed by atoms with Crippen LogP contribution in [0.15, 0.2) is 42.5 Å². The van der Waals surface area contributed by atoms with Crippen molar-refractivity contribution >= 4 is 5.69 Å². The van der Waals surface area contributed by atoms with Crippen molar-refractivity contribution in [1.82, 2.24) is 0 Å². The molecule has 0 bridgehead atoms. The Hall–Kier alpha value is -1.90. The molecule has 88 valence electrons. The molecule has 0 aliphatic carbocycles. The van der Waals surface area contributed by atoms with Crippen LogP contribution in [0.3, 0.4) is 0 Å². The smallest absolute Gasteiger partial charge is 0.128 e. The van der Waals surface area contributed by atoms with Crippen molar-refractivity contribution in [1.29, 1.82) is 0 Å². The summed E-state index contributed by atoms with van der Waals surface area (Å²) in [6.07, 6.45) is 0. The van der Waals surface area contributed by atoms with Gasteiger partial charge in [0.25, 0.3) is 0 Å². The lowest BCUT2D eigenvalue weighted by molar-refractivity contribution is 0.612. The van der Waals surface area contributed by atoms with Gasteiger partial charge in [-0.25, -0.2) is 8.78 Å². The fourth-order valence-corrected chi connectivity index (χ4v) is 1.59. The van der Waals surface area contributed by atoms with Gasteiger partial charge in [0.1, 0.15) is 11.6 Å². The molecule has 0 spiro atoms. The van der Waals surface area contributed by atoms with Crippen LogP contribution in [0.25, 0.3) is 0 Å². The van der Waals surface area contributed by atoms with Gasteiger partial charge in [-0.2, -0.15) is 0 Å². The maximum Gasteiger partial charge on any atom is 0.128 e. The third-order valence-electron chi connectivity index (χ3n) is 2.60. The second-order valence-corrected chi connectivity index (χ2v) is 3.91. The first-order valence-electron chi connectivity index (χ1n) is 5.40. The van der Waals surface area contributed by atoms with Crippen LogP contribution in [0.2, 0.25) is 0 Å². The quantitative estimate of drug-likeness (QED) is 0.848. The van der Waals surface area contributed by atoms with Gasteiger partial charge in [-0.3, -0.25) is 0 Å². The predicted octanol–water partition coefficient (Wildman–Crippen LogP) is 3.89. The summed E-state index contributed by atoms with van der Waals surface area (Å²) in [4.78, 5) is 0. The van der Waals surface area contributed by atoms with Gasteiger partial charge in [0, 0.05) is 17.8 Å². The summed E-state index contributed by atoms with van der Waals surface area (Å²) in [6.45, 7) is 2.08. The van der Waals surface area contributed by atoms with Gasteiger partial charge in [0.2, 0.25) is 0 Å². The molecule has 0 heterocycles. The van der Waals surface area contributed by atoms with Gasteiger partial charge >= 0.3 is 0 Å². The molecule has 0 saturated carbocycles. The highest BCUT2D eigenvalue weighted by Gasteiger charge is 2.01. The molecule has 1 nitrogen and oxygen atoms in total. The third-order valence-corrected chi connectivity index (χ3v) is 2.60. The zero-order chi connectivity index (χ0) is 12.3. The zero-order valence-corrected chi connectivity index (χ0v) is 9.50. The van der Waals surface area contributed by atoms with Crippen molar-refractivity contribution in [3.8, 4) is 0 Å². The van der Waals surface area contributed by atoms with Crippen LogP contribution in [0.4, 0.5) is 14.5 Å². The molecule has 0 unspecified atom stereocenters. The maximum absolute atomic E-state index is 13.3. The zero-order valence-electron chi connectivity index (χ0n) is 9.50. The Balaban J connectivity index is 2.08. The Morgan fingerprint density at radius 1 is 1.00 bits per heavy atom. The SMILES string of the molecule is Cc1cc(NCc2ccccc2F)ccc1F. The molecule has 17 heavy (non-hydrogen) atoms. The van der Waals surface area contributed by atoms with Crippen LogP contribution in [0, 0.1) is 18.6 Å². The first kappa shape index (κ1) is 11.6. The fourth-order valence-electron chi connectivity index (χ4n) is 1.59. The standard InChI is InChI=1S/C14H13F2N/c1-10-8-12(6-7-13(10)15)17-9-11-4-2-3-5-14(11)16/h2-8,17H,9H2,1H3. The number of halogens is 2. The molecular weight excluding hydrogens is 220 g/mol. The van der Waals surface area contributed by atoms with Crippen LogP contribution in [0.5, 0.6) is 0 Å². The van der Waals surface area contributed by atoms with Crippen LogP contribution < -0.4 is 5.32 Å². The summed E-state index contributed by atoms with van der Waals surface area (Å²) in [5, 5.41) is 3.06. The maximum atomic E-state index is 13.3. The van der Waals surface area contributed by atoms with Gasteiger partial charge in [-0.1, -0.05) is 18.2 Å². The number of anilines is 1. The Morgan fingerprint density at radius 3 is 2.47 bits per heavy atom. The summed E-state index contributed by atoms with van der Waals surface area (Å²) in [6, 6.07) is 11.3. The molecule has 0 radical (unpaired) electrons. The number of nitrogens with one attached hydrogen (secondary N) is 1. The van der Waals surface area contributed by atoms with E-state index in [2.05, 4.69) is 5.32 Å². The highest BCUT2D eigenvalue weighted by molar-refractivity contribution is 5.46. The first-order valence-corrected chi connectivity index (χ1v) is 5.40. The minimum atomic E-state index is -0.237. The Kier molecular flexibility index (Phi) is 3.38. The third kappa shape index (κ3) is 2.81. The number of benzene rings is 2. The van der Waals surface area contributed by atoms with E-state index in [0.29, 0.717) is 17.7 Å². The molecule has 0 aliphatic heterocycles.